The molecule has 0 aliphatic carbocycles. The van der Waals surface area contributed by atoms with Crippen LogP contribution in [0.25, 0.3) is 0 Å². The van der Waals surface area contributed by atoms with Gasteiger partial charge in [0.2, 0.25) is 0 Å². The number of anilines is 3. The zero-order valence-corrected chi connectivity index (χ0v) is 17.9. The third-order valence-electron chi connectivity index (χ3n) is 4.72. The van der Waals surface area contributed by atoms with E-state index in [0.717, 1.165) is 6.42 Å². The summed E-state index contributed by atoms with van der Waals surface area (Å²) in [7, 11) is 0. The van der Waals surface area contributed by atoms with Crippen molar-refractivity contribution in [2.75, 3.05) is 22.5 Å². The minimum absolute atomic E-state index is 0.00342. The molecule has 0 unspecified atom stereocenters. The molecule has 4 N–H and O–H groups in total. The number of amides is 1. The quantitative estimate of drug-likeness (QED) is 0.270. The summed E-state index contributed by atoms with van der Waals surface area (Å²) in [6.45, 7) is 2.40. The Morgan fingerprint density at radius 1 is 1.06 bits per heavy atom. The van der Waals surface area contributed by atoms with E-state index in [2.05, 4.69) is 20.9 Å². The van der Waals surface area contributed by atoms with Crippen molar-refractivity contribution in [3.8, 4) is 0 Å². The molecular formula is C22H21ClN4O5. The highest BCUT2D eigenvalue weighted by atomic mass is 35.5. The maximum Gasteiger partial charge on any atom is 0.326 e. The van der Waals surface area contributed by atoms with E-state index in [1.807, 2.05) is 6.92 Å². The van der Waals surface area contributed by atoms with Crippen molar-refractivity contribution in [3.05, 3.63) is 79.3 Å². The SMILES string of the molecule is CCCNc1c(N[C@@H](Cc2ccc(NC(=O)c3ccc(Cl)nc3)cc2)C(=O)O)c(=O)c1=O. The first-order valence-electron chi connectivity index (χ1n) is 9.88. The van der Waals surface area contributed by atoms with Gasteiger partial charge in [0.05, 0.1) is 5.56 Å². The number of nitrogens with zero attached hydrogens (tertiary/aromatic N) is 1. The number of carboxylic acids is 1. The summed E-state index contributed by atoms with van der Waals surface area (Å²) in [5.41, 5.74) is 0.258. The second kappa shape index (κ2) is 10.1. The zero-order chi connectivity index (χ0) is 23.3. The molecule has 1 amide bonds. The van der Waals surface area contributed by atoms with Gasteiger partial charge in [-0.05, 0) is 36.2 Å². The highest BCUT2D eigenvalue weighted by Gasteiger charge is 2.26. The summed E-state index contributed by atoms with van der Waals surface area (Å²) >= 11 is 5.72. The molecule has 0 aliphatic rings. The van der Waals surface area contributed by atoms with Gasteiger partial charge in [-0.15, -0.1) is 0 Å². The van der Waals surface area contributed by atoms with Crippen LogP contribution in [0.15, 0.2) is 52.2 Å². The molecule has 0 radical (unpaired) electrons. The van der Waals surface area contributed by atoms with E-state index in [0.29, 0.717) is 23.4 Å². The lowest BCUT2D eigenvalue weighted by molar-refractivity contribution is -0.137. The molecule has 10 heteroatoms. The number of pyridine rings is 1. The fourth-order valence-electron chi connectivity index (χ4n) is 3.00. The highest BCUT2D eigenvalue weighted by molar-refractivity contribution is 6.29. The van der Waals surface area contributed by atoms with Crippen molar-refractivity contribution in [2.45, 2.75) is 25.8 Å². The van der Waals surface area contributed by atoms with Gasteiger partial charge in [0, 0.05) is 24.8 Å². The topological polar surface area (TPSA) is 137 Å². The van der Waals surface area contributed by atoms with Gasteiger partial charge < -0.3 is 21.1 Å². The maximum absolute atomic E-state index is 12.2. The number of benzene rings is 1. The summed E-state index contributed by atoms with van der Waals surface area (Å²) in [6, 6.07) is 8.57. The van der Waals surface area contributed by atoms with Gasteiger partial charge in [-0.3, -0.25) is 14.4 Å². The highest BCUT2D eigenvalue weighted by Crippen LogP contribution is 2.18. The maximum atomic E-state index is 12.2. The van der Waals surface area contributed by atoms with Crippen LogP contribution in [0, 0.1) is 0 Å². The van der Waals surface area contributed by atoms with Gasteiger partial charge in [0.15, 0.2) is 0 Å². The average molecular weight is 457 g/mol. The van der Waals surface area contributed by atoms with Crippen LogP contribution in [0.4, 0.5) is 17.1 Å². The van der Waals surface area contributed by atoms with Gasteiger partial charge in [-0.25, -0.2) is 9.78 Å². The number of hydrogen-bond donors (Lipinski definition) is 4. The fourth-order valence-corrected chi connectivity index (χ4v) is 3.11. The van der Waals surface area contributed by atoms with Crippen LogP contribution in [-0.2, 0) is 11.2 Å². The number of carboxylic acid groups (broad SMARTS) is 1. The second-order valence-electron chi connectivity index (χ2n) is 7.09. The standard InChI is InChI=1S/C22H21ClN4O5/c1-2-9-24-17-18(20(29)19(17)28)27-15(22(31)32)10-12-3-6-14(7-4-12)26-21(30)13-5-8-16(23)25-11-13/h3-8,11,15,24,27H,2,9-10H2,1H3,(H,26,30)(H,31,32)/t15-/m0/s1. The van der Waals surface area contributed by atoms with Crippen LogP contribution in [0.1, 0.15) is 29.3 Å². The number of aliphatic carboxylic acids is 1. The molecule has 32 heavy (non-hydrogen) atoms. The molecule has 2 aromatic carbocycles. The average Bonchev–Trinajstić information content (AvgIpc) is 2.78. The molecule has 3 rings (SSSR count). The third kappa shape index (κ3) is 5.30. The monoisotopic (exact) mass is 456 g/mol. The van der Waals surface area contributed by atoms with Gasteiger partial charge in [-0.1, -0.05) is 30.7 Å². The van der Waals surface area contributed by atoms with E-state index >= 15 is 0 Å². The first-order valence-corrected chi connectivity index (χ1v) is 10.3. The lowest BCUT2D eigenvalue weighted by Gasteiger charge is -2.20. The Bertz CT molecular complexity index is 1180. The van der Waals surface area contributed by atoms with E-state index in [4.69, 9.17) is 11.6 Å². The lowest BCUT2D eigenvalue weighted by Crippen LogP contribution is -2.42. The number of rotatable bonds is 10. The van der Waals surface area contributed by atoms with Gasteiger partial charge >= 0.3 is 5.97 Å². The predicted octanol–water partition coefficient (Wildman–Crippen LogP) is 2.51. The Labute approximate surface area is 188 Å². The number of halogens is 1. The Hall–Kier alpha value is -3.72. The van der Waals surface area contributed by atoms with Crippen molar-refractivity contribution < 1.29 is 14.7 Å². The molecule has 0 aliphatic heterocycles. The molecule has 1 aromatic heterocycles. The first kappa shape index (κ1) is 23.0. The minimum atomic E-state index is -1.16. The second-order valence-corrected chi connectivity index (χ2v) is 7.48. The molecule has 9 nitrogen and oxygen atoms in total. The zero-order valence-electron chi connectivity index (χ0n) is 17.1. The number of nitrogens with one attached hydrogen (secondary N) is 3. The van der Waals surface area contributed by atoms with Crippen molar-refractivity contribution in [1.29, 1.82) is 0 Å². The predicted molar refractivity (Wildman–Crippen MR) is 123 cm³/mol. The molecule has 3 aromatic rings. The smallest absolute Gasteiger partial charge is 0.326 e. The molecular weight excluding hydrogens is 436 g/mol. The first-order chi connectivity index (χ1) is 15.3. The van der Waals surface area contributed by atoms with E-state index in [1.165, 1.54) is 12.3 Å². The number of carbonyl (C=O) groups is 2. The van der Waals surface area contributed by atoms with E-state index in [-0.39, 0.29) is 28.9 Å². The number of hydrogen-bond acceptors (Lipinski definition) is 7. The van der Waals surface area contributed by atoms with Gasteiger partial charge in [-0.2, -0.15) is 0 Å². The number of carbonyl (C=O) groups excluding carboxylic acids is 1. The lowest BCUT2D eigenvalue weighted by atomic mass is 10.0. The molecule has 0 spiro atoms. The molecule has 166 valence electrons. The Balaban J connectivity index is 1.66. The normalized spacial score (nSPS) is 11.7. The minimum Gasteiger partial charge on any atom is -0.480 e. The van der Waals surface area contributed by atoms with Gasteiger partial charge in [0.1, 0.15) is 22.6 Å². The number of aromatic nitrogens is 1. The third-order valence-corrected chi connectivity index (χ3v) is 4.94. The van der Waals surface area contributed by atoms with Crippen LogP contribution in [0.3, 0.4) is 0 Å². The van der Waals surface area contributed by atoms with E-state index < -0.39 is 22.9 Å². The Morgan fingerprint density at radius 2 is 1.75 bits per heavy atom. The largest absolute Gasteiger partial charge is 0.480 e. The van der Waals surface area contributed by atoms with E-state index in [1.54, 1.807) is 30.3 Å². The van der Waals surface area contributed by atoms with Crippen molar-refractivity contribution in [1.82, 2.24) is 4.98 Å². The molecule has 0 fully saturated rings. The molecule has 0 saturated carbocycles. The summed E-state index contributed by atoms with van der Waals surface area (Å²) in [4.78, 5) is 51.4. The van der Waals surface area contributed by atoms with E-state index in [9.17, 15) is 24.3 Å². The summed E-state index contributed by atoms with van der Waals surface area (Å²) in [5, 5.41) is 18.1. The van der Waals surface area contributed by atoms with Crippen LogP contribution < -0.4 is 26.8 Å². The van der Waals surface area contributed by atoms with Crippen LogP contribution in [0.2, 0.25) is 5.15 Å². The Kier molecular flexibility index (Phi) is 7.21. The molecule has 1 heterocycles. The van der Waals surface area contributed by atoms with Crippen LogP contribution >= 0.6 is 11.6 Å². The molecule has 0 bridgehead atoms. The van der Waals surface area contributed by atoms with Crippen LogP contribution in [0.5, 0.6) is 0 Å². The summed E-state index contributed by atoms with van der Waals surface area (Å²) in [5.74, 6) is -1.52. The van der Waals surface area contributed by atoms with Gasteiger partial charge in [0.25, 0.3) is 16.8 Å². The summed E-state index contributed by atoms with van der Waals surface area (Å²) < 4.78 is 0. The fraction of sp³-hybridized carbons (Fsp3) is 0.227. The van der Waals surface area contributed by atoms with Crippen molar-refractivity contribution in [3.63, 3.8) is 0 Å². The summed E-state index contributed by atoms with van der Waals surface area (Å²) in [6.07, 6.45) is 2.18. The van der Waals surface area contributed by atoms with Crippen molar-refractivity contribution in [2.24, 2.45) is 0 Å². The van der Waals surface area contributed by atoms with Crippen LogP contribution in [-0.4, -0.2) is 34.6 Å². The van der Waals surface area contributed by atoms with Crippen molar-refractivity contribution >= 4 is 40.5 Å². The molecule has 0 saturated heterocycles. The molecule has 1 atom stereocenters. The Morgan fingerprint density at radius 3 is 2.34 bits per heavy atom.